The predicted molar refractivity (Wildman–Crippen MR) is 102 cm³/mol. The molecule has 0 atom stereocenters. The molecule has 0 unspecified atom stereocenters. The van der Waals surface area contributed by atoms with Crippen LogP contribution in [0.2, 0.25) is 5.02 Å². The van der Waals surface area contributed by atoms with Gasteiger partial charge in [0.1, 0.15) is 0 Å². The Labute approximate surface area is 158 Å². The molecular weight excluding hydrogens is 372 g/mol. The van der Waals surface area contributed by atoms with Crippen molar-refractivity contribution in [2.24, 2.45) is 5.14 Å². The summed E-state index contributed by atoms with van der Waals surface area (Å²) in [5.41, 5.74) is 1.41. The molecule has 1 fully saturated rings. The lowest BCUT2D eigenvalue weighted by molar-refractivity contribution is -0.129. The van der Waals surface area contributed by atoms with E-state index >= 15 is 0 Å². The Morgan fingerprint density at radius 1 is 1.15 bits per heavy atom. The number of sulfonamides is 1. The molecule has 3 rings (SSSR count). The van der Waals surface area contributed by atoms with Crippen molar-refractivity contribution in [3.05, 3.63) is 64.7 Å². The van der Waals surface area contributed by atoms with Gasteiger partial charge in [-0.15, -0.1) is 0 Å². The second-order valence-corrected chi connectivity index (χ2v) is 8.64. The highest BCUT2D eigenvalue weighted by molar-refractivity contribution is 7.89. The zero-order chi connectivity index (χ0) is 18.8. The zero-order valence-corrected chi connectivity index (χ0v) is 15.8. The highest BCUT2D eigenvalue weighted by Gasteiger charge is 2.45. The van der Waals surface area contributed by atoms with Crippen LogP contribution in [-0.4, -0.2) is 20.9 Å². The third-order valence-electron chi connectivity index (χ3n) is 4.97. The van der Waals surface area contributed by atoms with Crippen molar-refractivity contribution in [1.82, 2.24) is 5.32 Å². The number of carbonyl (C=O) groups is 1. The first-order valence-electron chi connectivity index (χ1n) is 8.47. The third kappa shape index (κ3) is 3.92. The Kier molecular flexibility index (Phi) is 5.37. The molecule has 0 heterocycles. The molecule has 2 aromatic rings. The summed E-state index contributed by atoms with van der Waals surface area (Å²) in [5, 5.41) is 8.74. The van der Waals surface area contributed by atoms with E-state index in [1.807, 2.05) is 18.2 Å². The average Bonchev–Trinajstić information content (AvgIpc) is 2.53. The highest BCUT2D eigenvalue weighted by Crippen LogP contribution is 2.44. The fourth-order valence-electron chi connectivity index (χ4n) is 3.30. The third-order valence-corrected chi connectivity index (χ3v) is 6.13. The quantitative estimate of drug-likeness (QED) is 0.792. The van der Waals surface area contributed by atoms with Gasteiger partial charge in [-0.05, 0) is 54.7 Å². The van der Waals surface area contributed by atoms with Crippen LogP contribution in [0.5, 0.6) is 0 Å². The first-order valence-corrected chi connectivity index (χ1v) is 10.4. The second-order valence-electron chi connectivity index (χ2n) is 6.64. The minimum absolute atomic E-state index is 0.0205. The van der Waals surface area contributed by atoms with Gasteiger partial charge in [-0.3, -0.25) is 4.79 Å². The van der Waals surface area contributed by atoms with Gasteiger partial charge in [0, 0.05) is 11.6 Å². The Morgan fingerprint density at radius 3 is 2.38 bits per heavy atom. The number of nitrogens with two attached hydrogens (primary N) is 1. The number of halogens is 1. The van der Waals surface area contributed by atoms with Crippen LogP contribution < -0.4 is 10.5 Å². The maximum Gasteiger partial charge on any atom is 0.238 e. The highest BCUT2D eigenvalue weighted by atomic mass is 35.5. The van der Waals surface area contributed by atoms with Crippen LogP contribution >= 0.6 is 11.6 Å². The second kappa shape index (κ2) is 7.39. The molecule has 0 bridgehead atoms. The van der Waals surface area contributed by atoms with Crippen LogP contribution in [-0.2, 0) is 26.7 Å². The molecule has 3 N–H and O–H groups in total. The number of hydrogen-bond donors (Lipinski definition) is 2. The number of rotatable bonds is 6. The van der Waals surface area contributed by atoms with Gasteiger partial charge in [-0.25, -0.2) is 13.6 Å². The SMILES string of the molecule is NS(=O)(=O)c1ccc(CCNC(=O)C2(c3cccc(Cl)c3)CCC2)cc1. The lowest BCUT2D eigenvalue weighted by Gasteiger charge is -2.40. The van der Waals surface area contributed by atoms with E-state index in [2.05, 4.69) is 5.32 Å². The number of hydrogen-bond acceptors (Lipinski definition) is 3. The molecule has 5 nitrogen and oxygen atoms in total. The molecule has 138 valence electrons. The molecule has 0 saturated heterocycles. The van der Waals surface area contributed by atoms with E-state index in [4.69, 9.17) is 16.7 Å². The van der Waals surface area contributed by atoms with Gasteiger partial charge in [0.05, 0.1) is 10.3 Å². The topological polar surface area (TPSA) is 89.3 Å². The number of carbonyl (C=O) groups excluding carboxylic acids is 1. The number of benzene rings is 2. The summed E-state index contributed by atoms with van der Waals surface area (Å²) in [6.07, 6.45) is 3.28. The van der Waals surface area contributed by atoms with Gasteiger partial charge in [-0.1, -0.05) is 42.3 Å². The van der Waals surface area contributed by atoms with Gasteiger partial charge >= 0.3 is 0 Å². The average molecular weight is 393 g/mol. The molecule has 1 saturated carbocycles. The summed E-state index contributed by atoms with van der Waals surface area (Å²) < 4.78 is 22.5. The van der Waals surface area contributed by atoms with Crippen molar-refractivity contribution in [3.8, 4) is 0 Å². The van der Waals surface area contributed by atoms with Crippen LogP contribution in [0.3, 0.4) is 0 Å². The molecule has 1 amide bonds. The Hall–Kier alpha value is -1.89. The number of primary sulfonamides is 1. The van der Waals surface area contributed by atoms with Crippen molar-refractivity contribution in [2.75, 3.05) is 6.54 Å². The molecular formula is C19H21ClN2O3S. The monoisotopic (exact) mass is 392 g/mol. The standard InChI is InChI=1S/C19H21ClN2O3S/c20-16-4-1-3-15(13-16)19(10-2-11-19)18(23)22-12-9-14-5-7-17(8-6-14)26(21,24)25/h1,3-8,13H,2,9-12H2,(H,22,23)(H2,21,24,25). The van der Waals surface area contributed by atoms with Gasteiger partial charge in [0.15, 0.2) is 0 Å². The predicted octanol–water partition coefficient (Wildman–Crippen LogP) is 2.77. The minimum atomic E-state index is -3.68. The summed E-state index contributed by atoms with van der Waals surface area (Å²) in [4.78, 5) is 12.9. The lowest BCUT2D eigenvalue weighted by atomic mass is 9.64. The molecule has 0 aromatic heterocycles. The lowest BCUT2D eigenvalue weighted by Crippen LogP contribution is -2.49. The maximum absolute atomic E-state index is 12.8. The van der Waals surface area contributed by atoms with Crippen LogP contribution in [0, 0.1) is 0 Å². The Bertz CT molecular complexity index is 907. The van der Waals surface area contributed by atoms with Crippen molar-refractivity contribution in [2.45, 2.75) is 36.0 Å². The van der Waals surface area contributed by atoms with Crippen LogP contribution in [0.1, 0.15) is 30.4 Å². The molecule has 0 spiro atoms. The molecule has 2 aromatic carbocycles. The molecule has 26 heavy (non-hydrogen) atoms. The molecule has 7 heteroatoms. The fraction of sp³-hybridized carbons (Fsp3) is 0.316. The zero-order valence-electron chi connectivity index (χ0n) is 14.2. The summed E-state index contributed by atoms with van der Waals surface area (Å²) >= 11 is 6.08. The van der Waals surface area contributed by atoms with Gasteiger partial charge in [-0.2, -0.15) is 0 Å². The van der Waals surface area contributed by atoms with E-state index in [0.717, 1.165) is 30.4 Å². The smallest absolute Gasteiger partial charge is 0.238 e. The molecule has 1 aliphatic carbocycles. The van der Waals surface area contributed by atoms with Gasteiger partial charge < -0.3 is 5.32 Å². The largest absolute Gasteiger partial charge is 0.355 e. The van der Waals surface area contributed by atoms with E-state index in [1.165, 1.54) is 12.1 Å². The van der Waals surface area contributed by atoms with E-state index in [-0.39, 0.29) is 10.8 Å². The van der Waals surface area contributed by atoms with Crippen molar-refractivity contribution < 1.29 is 13.2 Å². The van der Waals surface area contributed by atoms with E-state index in [9.17, 15) is 13.2 Å². The summed E-state index contributed by atoms with van der Waals surface area (Å²) in [6, 6.07) is 13.9. The number of amides is 1. The van der Waals surface area contributed by atoms with Crippen LogP contribution in [0.25, 0.3) is 0 Å². The summed E-state index contributed by atoms with van der Waals surface area (Å²) in [5.74, 6) is 0.0205. The van der Waals surface area contributed by atoms with E-state index < -0.39 is 15.4 Å². The van der Waals surface area contributed by atoms with Crippen molar-refractivity contribution in [3.63, 3.8) is 0 Å². The summed E-state index contributed by atoms with van der Waals surface area (Å²) in [7, 11) is -3.68. The maximum atomic E-state index is 12.8. The van der Waals surface area contributed by atoms with Gasteiger partial charge in [0.2, 0.25) is 15.9 Å². The normalized spacial score (nSPS) is 15.9. The van der Waals surface area contributed by atoms with E-state index in [1.54, 1.807) is 18.2 Å². The Balaban J connectivity index is 1.61. The fourth-order valence-corrected chi connectivity index (χ4v) is 4.00. The Morgan fingerprint density at radius 2 is 1.85 bits per heavy atom. The molecule has 0 radical (unpaired) electrons. The van der Waals surface area contributed by atoms with E-state index in [0.29, 0.717) is 18.0 Å². The number of nitrogens with one attached hydrogen (secondary N) is 1. The first kappa shape index (κ1) is 18.9. The van der Waals surface area contributed by atoms with Gasteiger partial charge in [0.25, 0.3) is 0 Å². The van der Waals surface area contributed by atoms with Crippen LogP contribution in [0.15, 0.2) is 53.4 Å². The van der Waals surface area contributed by atoms with Crippen LogP contribution in [0.4, 0.5) is 0 Å². The first-order chi connectivity index (χ1) is 12.3. The minimum Gasteiger partial charge on any atom is -0.355 e. The van der Waals surface area contributed by atoms with Crippen molar-refractivity contribution >= 4 is 27.5 Å². The van der Waals surface area contributed by atoms with Crippen molar-refractivity contribution in [1.29, 1.82) is 0 Å². The molecule has 0 aliphatic heterocycles. The molecule has 1 aliphatic rings. The summed E-state index contributed by atoms with van der Waals surface area (Å²) in [6.45, 7) is 0.482.